The summed E-state index contributed by atoms with van der Waals surface area (Å²) in [5, 5.41) is 8.63. The van der Waals surface area contributed by atoms with Crippen molar-refractivity contribution < 1.29 is 14.6 Å². The Kier molecular flexibility index (Phi) is 2.97. The minimum Gasteiger partial charge on any atom is -0.480 e. The topological polar surface area (TPSA) is 72.5 Å². The summed E-state index contributed by atoms with van der Waals surface area (Å²) in [6, 6.07) is 4.61. The lowest BCUT2D eigenvalue weighted by Crippen LogP contribution is -2.09. The normalized spacial score (nSPS) is 9.62. The van der Waals surface area contributed by atoms with Gasteiger partial charge in [-0.3, -0.25) is 0 Å². The van der Waals surface area contributed by atoms with Crippen molar-refractivity contribution in [1.29, 1.82) is 0 Å². The Hall–Kier alpha value is -1.42. The number of nitrogens with two attached hydrogens (primary N) is 1. The highest BCUT2D eigenvalue weighted by molar-refractivity contribution is 6.32. The summed E-state index contributed by atoms with van der Waals surface area (Å²) >= 11 is 5.72. The molecule has 3 N–H and O–H groups in total. The van der Waals surface area contributed by atoms with E-state index < -0.39 is 12.6 Å². The van der Waals surface area contributed by atoms with E-state index in [4.69, 9.17) is 27.2 Å². The summed E-state index contributed by atoms with van der Waals surface area (Å²) in [5.74, 6) is -0.730. The molecule has 0 radical (unpaired) electrons. The molecule has 5 heteroatoms. The highest BCUT2D eigenvalue weighted by Gasteiger charge is 2.03. The van der Waals surface area contributed by atoms with Crippen molar-refractivity contribution in [2.75, 3.05) is 12.3 Å². The van der Waals surface area contributed by atoms with Crippen LogP contribution in [0.3, 0.4) is 0 Å². The molecule has 0 amide bonds. The van der Waals surface area contributed by atoms with Crippen molar-refractivity contribution in [3.8, 4) is 5.75 Å². The van der Waals surface area contributed by atoms with E-state index in [9.17, 15) is 4.79 Å². The van der Waals surface area contributed by atoms with Gasteiger partial charge in [0, 0.05) is 5.69 Å². The molecule has 0 heterocycles. The molecule has 0 fully saturated rings. The molecule has 0 saturated carbocycles. The molecule has 1 rings (SSSR count). The summed E-state index contributed by atoms with van der Waals surface area (Å²) < 4.78 is 4.87. The molecule has 0 atom stereocenters. The predicted octanol–water partition coefficient (Wildman–Crippen LogP) is 1.39. The maximum absolute atomic E-state index is 10.2. The third-order valence-corrected chi connectivity index (χ3v) is 1.60. The van der Waals surface area contributed by atoms with Gasteiger partial charge >= 0.3 is 5.97 Å². The number of carboxylic acid groups (broad SMARTS) is 1. The van der Waals surface area contributed by atoms with E-state index in [1.165, 1.54) is 12.1 Å². The van der Waals surface area contributed by atoms with Crippen LogP contribution in [-0.4, -0.2) is 17.7 Å². The SMILES string of the molecule is Nc1ccc(OCC(=O)O)c(Cl)c1. The first-order valence-electron chi connectivity index (χ1n) is 3.49. The van der Waals surface area contributed by atoms with E-state index in [2.05, 4.69) is 0 Å². The van der Waals surface area contributed by atoms with Crippen LogP contribution in [0.2, 0.25) is 5.02 Å². The number of carbonyl (C=O) groups is 1. The molecular formula is C8H8ClNO3. The Bertz CT molecular complexity index is 327. The maximum Gasteiger partial charge on any atom is 0.341 e. The van der Waals surface area contributed by atoms with E-state index >= 15 is 0 Å². The number of anilines is 1. The lowest BCUT2D eigenvalue weighted by Gasteiger charge is -2.05. The quantitative estimate of drug-likeness (QED) is 0.725. The largest absolute Gasteiger partial charge is 0.480 e. The van der Waals surface area contributed by atoms with Crippen LogP contribution in [0.5, 0.6) is 5.75 Å². The molecule has 0 aliphatic carbocycles. The first-order valence-corrected chi connectivity index (χ1v) is 3.87. The molecule has 1 aromatic carbocycles. The summed E-state index contributed by atoms with van der Waals surface area (Å²) in [4.78, 5) is 10.2. The van der Waals surface area contributed by atoms with Crippen LogP contribution in [0.15, 0.2) is 18.2 Å². The number of hydrogen-bond donors (Lipinski definition) is 2. The van der Waals surface area contributed by atoms with Crippen LogP contribution in [-0.2, 0) is 4.79 Å². The smallest absolute Gasteiger partial charge is 0.341 e. The molecule has 0 unspecified atom stereocenters. The molecule has 0 aromatic heterocycles. The first kappa shape index (κ1) is 9.67. The number of carboxylic acids is 1. The van der Waals surface area contributed by atoms with Gasteiger partial charge < -0.3 is 15.6 Å². The van der Waals surface area contributed by atoms with Gasteiger partial charge in [0.25, 0.3) is 0 Å². The van der Waals surface area contributed by atoms with Gasteiger partial charge in [0.15, 0.2) is 6.61 Å². The zero-order valence-corrected chi connectivity index (χ0v) is 7.41. The number of benzene rings is 1. The summed E-state index contributed by atoms with van der Waals surface area (Å²) in [6.07, 6.45) is 0. The van der Waals surface area contributed by atoms with E-state index in [-0.39, 0.29) is 0 Å². The van der Waals surface area contributed by atoms with Crippen molar-refractivity contribution in [2.24, 2.45) is 0 Å². The van der Waals surface area contributed by atoms with Gasteiger partial charge in [0.1, 0.15) is 5.75 Å². The third kappa shape index (κ3) is 2.83. The van der Waals surface area contributed by atoms with Crippen molar-refractivity contribution in [2.45, 2.75) is 0 Å². The van der Waals surface area contributed by atoms with Crippen molar-refractivity contribution in [1.82, 2.24) is 0 Å². The standard InChI is InChI=1S/C8H8ClNO3/c9-6-3-5(10)1-2-7(6)13-4-8(11)12/h1-3H,4,10H2,(H,11,12). The van der Waals surface area contributed by atoms with Crippen molar-refractivity contribution in [3.63, 3.8) is 0 Å². The molecule has 13 heavy (non-hydrogen) atoms. The molecule has 4 nitrogen and oxygen atoms in total. The summed E-state index contributed by atoms with van der Waals surface area (Å²) in [7, 11) is 0. The number of ether oxygens (including phenoxy) is 1. The van der Waals surface area contributed by atoms with Crippen molar-refractivity contribution in [3.05, 3.63) is 23.2 Å². The van der Waals surface area contributed by atoms with Crippen molar-refractivity contribution >= 4 is 23.3 Å². The second kappa shape index (κ2) is 4.00. The third-order valence-electron chi connectivity index (χ3n) is 1.31. The van der Waals surface area contributed by atoms with Gasteiger partial charge in [-0.05, 0) is 18.2 Å². The van der Waals surface area contributed by atoms with Crippen LogP contribution in [0.1, 0.15) is 0 Å². The fourth-order valence-corrected chi connectivity index (χ4v) is 1.02. The van der Waals surface area contributed by atoms with Gasteiger partial charge in [-0.25, -0.2) is 4.79 Å². The second-order valence-corrected chi connectivity index (χ2v) is 2.78. The minimum atomic E-state index is -1.05. The lowest BCUT2D eigenvalue weighted by atomic mass is 10.3. The van der Waals surface area contributed by atoms with E-state index in [0.717, 1.165) is 0 Å². The average molecular weight is 202 g/mol. The number of rotatable bonds is 3. The highest BCUT2D eigenvalue weighted by atomic mass is 35.5. The summed E-state index contributed by atoms with van der Waals surface area (Å²) in [5.41, 5.74) is 5.93. The molecule has 0 aliphatic rings. The fraction of sp³-hybridized carbons (Fsp3) is 0.125. The Morgan fingerprint density at radius 3 is 2.85 bits per heavy atom. The Labute approximate surface area is 79.9 Å². The van der Waals surface area contributed by atoms with Gasteiger partial charge in [-0.15, -0.1) is 0 Å². The van der Waals surface area contributed by atoms with Crippen LogP contribution < -0.4 is 10.5 Å². The van der Waals surface area contributed by atoms with Crippen LogP contribution in [0.4, 0.5) is 5.69 Å². The highest BCUT2D eigenvalue weighted by Crippen LogP contribution is 2.26. The predicted molar refractivity (Wildman–Crippen MR) is 49.0 cm³/mol. The molecule has 0 bridgehead atoms. The van der Waals surface area contributed by atoms with Gasteiger partial charge in [-0.1, -0.05) is 11.6 Å². The Balaban J connectivity index is 2.72. The number of aliphatic carboxylic acids is 1. The monoisotopic (exact) mass is 201 g/mol. The zero-order valence-electron chi connectivity index (χ0n) is 6.66. The Morgan fingerprint density at radius 1 is 1.62 bits per heavy atom. The first-order chi connectivity index (χ1) is 6.09. The van der Waals surface area contributed by atoms with Gasteiger partial charge in [0.2, 0.25) is 0 Å². The molecule has 1 aromatic rings. The molecule has 0 aliphatic heterocycles. The van der Waals surface area contributed by atoms with Crippen LogP contribution >= 0.6 is 11.6 Å². The van der Waals surface area contributed by atoms with Gasteiger partial charge in [0.05, 0.1) is 5.02 Å². The van der Waals surface area contributed by atoms with Crippen LogP contribution in [0, 0.1) is 0 Å². The second-order valence-electron chi connectivity index (χ2n) is 2.37. The van der Waals surface area contributed by atoms with Crippen LogP contribution in [0.25, 0.3) is 0 Å². The Morgan fingerprint density at radius 2 is 2.31 bits per heavy atom. The number of hydrogen-bond acceptors (Lipinski definition) is 3. The fourth-order valence-electron chi connectivity index (χ4n) is 0.774. The lowest BCUT2D eigenvalue weighted by molar-refractivity contribution is -0.139. The number of nitrogen functional groups attached to an aromatic ring is 1. The summed E-state index contributed by atoms with van der Waals surface area (Å²) in [6.45, 7) is -0.413. The maximum atomic E-state index is 10.2. The zero-order chi connectivity index (χ0) is 9.84. The van der Waals surface area contributed by atoms with E-state index in [0.29, 0.717) is 16.5 Å². The molecular weight excluding hydrogens is 194 g/mol. The number of halogens is 1. The van der Waals surface area contributed by atoms with E-state index in [1.807, 2.05) is 0 Å². The minimum absolute atomic E-state index is 0.307. The van der Waals surface area contributed by atoms with Gasteiger partial charge in [-0.2, -0.15) is 0 Å². The molecule has 0 spiro atoms. The van der Waals surface area contributed by atoms with E-state index in [1.54, 1.807) is 6.07 Å². The molecule has 70 valence electrons. The molecule has 0 saturated heterocycles. The average Bonchev–Trinajstić information content (AvgIpc) is 2.02.